The molecule has 194 valence electrons. The molecule has 2 rings (SSSR count). The van der Waals surface area contributed by atoms with Gasteiger partial charge < -0.3 is 14.2 Å². The standard InChI is InChI=1S/C28H31F3O5/c1-17(2)24(32)34-21-12-9-19(10-13-21)20-11-14-23(22(15-20)28(29,30)31)35-26(5,6)16-27(7,8)36-25(33)18(3)4/h9-15H,1,3,16H2,2,4-8H3. The highest BCUT2D eigenvalue weighted by molar-refractivity contribution is 5.89. The number of hydrogen-bond donors (Lipinski definition) is 0. The third-order valence-corrected chi connectivity index (χ3v) is 4.99. The minimum Gasteiger partial charge on any atom is -0.487 e. The van der Waals surface area contributed by atoms with Gasteiger partial charge in [0.2, 0.25) is 0 Å². The van der Waals surface area contributed by atoms with Crippen molar-refractivity contribution in [3.05, 3.63) is 72.3 Å². The Morgan fingerprint density at radius 3 is 1.83 bits per heavy atom. The fourth-order valence-corrected chi connectivity index (χ4v) is 3.66. The van der Waals surface area contributed by atoms with E-state index in [4.69, 9.17) is 14.2 Å². The highest BCUT2D eigenvalue weighted by atomic mass is 19.4. The van der Waals surface area contributed by atoms with Crippen molar-refractivity contribution in [3.63, 3.8) is 0 Å². The number of alkyl halides is 3. The summed E-state index contributed by atoms with van der Waals surface area (Å²) in [6.45, 7) is 16.6. The van der Waals surface area contributed by atoms with Crippen LogP contribution in [0.15, 0.2) is 66.8 Å². The quantitative estimate of drug-likeness (QED) is 0.204. The van der Waals surface area contributed by atoms with E-state index in [1.54, 1.807) is 39.8 Å². The van der Waals surface area contributed by atoms with E-state index >= 15 is 0 Å². The second kappa shape index (κ2) is 10.6. The number of carbonyl (C=O) groups excluding carboxylic acids is 2. The minimum absolute atomic E-state index is 0.127. The van der Waals surface area contributed by atoms with Crippen LogP contribution in [0.2, 0.25) is 0 Å². The summed E-state index contributed by atoms with van der Waals surface area (Å²) < 4.78 is 58.3. The van der Waals surface area contributed by atoms with Gasteiger partial charge in [-0.2, -0.15) is 13.2 Å². The highest BCUT2D eigenvalue weighted by Crippen LogP contribution is 2.41. The number of benzene rings is 2. The fraction of sp³-hybridized carbons (Fsp3) is 0.357. The number of ether oxygens (including phenoxy) is 3. The Balaban J connectivity index is 2.31. The van der Waals surface area contributed by atoms with Crippen LogP contribution in [0.5, 0.6) is 11.5 Å². The van der Waals surface area contributed by atoms with Gasteiger partial charge in [-0.05, 0) is 76.9 Å². The first-order valence-corrected chi connectivity index (χ1v) is 11.2. The van der Waals surface area contributed by atoms with E-state index in [0.717, 1.165) is 6.07 Å². The van der Waals surface area contributed by atoms with Gasteiger partial charge in [0.05, 0.1) is 5.56 Å². The smallest absolute Gasteiger partial charge is 0.419 e. The average molecular weight is 505 g/mol. The molecule has 0 amide bonds. The Kier molecular flexibility index (Phi) is 8.45. The highest BCUT2D eigenvalue weighted by Gasteiger charge is 2.38. The van der Waals surface area contributed by atoms with Crippen LogP contribution in [0.1, 0.15) is 53.5 Å². The summed E-state index contributed by atoms with van der Waals surface area (Å²) in [5, 5.41) is 0. The summed E-state index contributed by atoms with van der Waals surface area (Å²) in [5.74, 6) is -1.27. The van der Waals surface area contributed by atoms with Crippen LogP contribution in [0, 0.1) is 0 Å². The maximum Gasteiger partial charge on any atom is 0.419 e. The third kappa shape index (κ3) is 8.00. The summed E-state index contributed by atoms with van der Waals surface area (Å²) in [6.07, 6.45) is -4.55. The molecule has 0 aliphatic heterocycles. The second-order valence-corrected chi connectivity index (χ2v) is 9.87. The Hall–Kier alpha value is -3.55. The Morgan fingerprint density at radius 1 is 0.806 bits per heavy atom. The molecule has 0 aliphatic carbocycles. The molecule has 0 aromatic heterocycles. The van der Waals surface area contributed by atoms with E-state index in [-0.39, 0.29) is 29.1 Å². The van der Waals surface area contributed by atoms with Crippen LogP contribution in [0.25, 0.3) is 11.1 Å². The van der Waals surface area contributed by atoms with Gasteiger partial charge in [0.1, 0.15) is 22.7 Å². The Morgan fingerprint density at radius 2 is 1.33 bits per heavy atom. The van der Waals surface area contributed by atoms with Gasteiger partial charge in [0.25, 0.3) is 0 Å². The fourth-order valence-electron chi connectivity index (χ4n) is 3.66. The van der Waals surface area contributed by atoms with Gasteiger partial charge in [-0.3, -0.25) is 0 Å². The van der Waals surface area contributed by atoms with Crippen LogP contribution < -0.4 is 9.47 Å². The predicted molar refractivity (Wildman–Crippen MR) is 132 cm³/mol. The summed E-state index contributed by atoms with van der Waals surface area (Å²) in [4.78, 5) is 23.6. The lowest BCUT2D eigenvalue weighted by atomic mass is 9.91. The summed E-state index contributed by atoms with van der Waals surface area (Å²) in [7, 11) is 0. The van der Waals surface area contributed by atoms with Gasteiger partial charge in [-0.1, -0.05) is 31.4 Å². The lowest BCUT2D eigenvalue weighted by Gasteiger charge is -2.35. The summed E-state index contributed by atoms with van der Waals surface area (Å²) >= 11 is 0. The predicted octanol–water partition coefficient (Wildman–Crippen LogP) is 7.30. The molecule has 0 saturated carbocycles. The molecule has 8 heteroatoms. The van der Waals surface area contributed by atoms with Crippen molar-refractivity contribution in [1.82, 2.24) is 0 Å². The van der Waals surface area contributed by atoms with Crippen LogP contribution in [-0.4, -0.2) is 23.1 Å². The monoisotopic (exact) mass is 504 g/mol. The number of hydrogen-bond acceptors (Lipinski definition) is 5. The third-order valence-electron chi connectivity index (χ3n) is 4.99. The largest absolute Gasteiger partial charge is 0.487 e. The lowest BCUT2D eigenvalue weighted by Crippen LogP contribution is -2.41. The van der Waals surface area contributed by atoms with Crippen molar-refractivity contribution in [3.8, 4) is 22.6 Å². The maximum atomic E-state index is 14.0. The summed E-state index contributed by atoms with van der Waals surface area (Å²) in [6, 6.07) is 9.88. The molecular formula is C28H31F3O5. The van der Waals surface area contributed by atoms with Gasteiger partial charge in [0, 0.05) is 17.6 Å². The molecule has 5 nitrogen and oxygen atoms in total. The van der Waals surface area contributed by atoms with Crippen LogP contribution in [0.4, 0.5) is 13.2 Å². The van der Waals surface area contributed by atoms with Crippen molar-refractivity contribution in [1.29, 1.82) is 0 Å². The second-order valence-electron chi connectivity index (χ2n) is 9.87. The molecule has 0 spiro atoms. The molecular weight excluding hydrogens is 473 g/mol. The normalized spacial score (nSPS) is 12.0. The van der Waals surface area contributed by atoms with E-state index in [1.165, 1.54) is 38.1 Å². The summed E-state index contributed by atoms with van der Waals surface area (Å²) in [5.41, 5.74) is -1.80. The molecule has 0 aliphatic rings. The van der Waals surface area contributed by atoms with Crippen LogP contribution in [0.3, 0.4) is 0 Å². The number of halogens is 3. The Bertz CT molecular complexity index is 1160. The van der Waals surface area contributed by atoms with E-state index < -0.39 is 34.9 Å². The first-order chi connectivity index (χ1) is 16.4. The zero-order valence-electron chi connectivity index (χ0n) is 21.3. The minimum atomic E-state index is -4.68. The molecule has 0 atom stereocenters. The van der Waals surface area contributed by atoms with Crippen LogP contribution >= 0.6 is 0 Å². The van der Waals surface area contributed by atoms with Gasteiger partial charge in [-0.25, -0.2) is 9.59 Å². The van der Waals surface area contributed by atoms with Gasteiger partial charge in [-0.15, -0.1) is 0 Å². The first kappa shape index (κ1) is 28.7. The molecule has 0 bridgehead atoms. The molecule has 0 saturated heterocycles. The molecule has 36 heavy (non-hydrogen) atoms. The molecule has 0 fully saturated rings. The molecule has 0 heterocycles. The SMILES string of the molecule is C=C(C)C(=O)Oc1ccc(-c2ccc(OC(C)(C)CC(C)(C)OC(=O)C(=C)C)c(C(F)(F)F)c2)cc1. The van der Waals surface area contributed by atoms with Crippen molar-refractivity contribution in [2.24, 2.45) is 0 Å². The van der Waals surface area contributed by atoms with Gasteiger partial charge >= 0.3 is 18.1 Å². The van der Waals surface area contributed by atoms with E-state index in [2.05, 4.69) is 13.2 Å². The molecule has 2 aromatic carbocycles. The maximum absolute atomic E-state index is 14.0. The van der Waals surface area contributed by atoms with Crippen molar-refractivity contribution in [2.45, 2.75) is 65.3 Å². The zero-order chi connectivity index (χ0) is 27.5. The topological polar surface area (TPSA) is 61.8 Å². The molecule has 0 N–H and O–H groups in total. The number of esters is 2. The van der Waals surface area contributed by atoms with Crippen molar-refractivity contribution in [2.75, 3.05) is 0 Å². The van der Waals surface area contributed by atoms with Crippen molar-refractivity contribution >= 4 is 11.9 Å². The number of carbonyl (C=O) groups is 2. The van der Waals surface area contributed by atoms with Gasteiger partial charge in [0.15, 0.2) is 0 Å². The molecule has 0 radical (unpaired) electrons. The lowest BCUT2D eigenvalue weighted by molar-refractivity contribution is -0.155. The first-order valence-electron chi connectivity index (χ1n) is 11.2. The van der Waals surface area contributed by atoms with E-state index in [9.17, 15) is 22.8 Å². The van der Waals surface area contributed by atoms with E-state index in [0.29, 0.717) is 11.1 Å². The number of rotatable bonds is 9. The van der Waals surface area contributed by atoms with Crippen LogP contribution in [-0.2, 0) is 20.5 Å². The average Bonchev–Trinajstić information content (AvgIpc) is 2.72. The molecule has 0 unspecified atom stereocenters. The van der Waals surface area contributed by atoms with E-state index in [1.807, 2.05) is 0 Å². The van der Waals surface area contributed by atoms with Crippen molar-refractivity contribution < 1.29 is 37.0 Å². The Labute approximate surface area is 209 Å². The zero-order valence-corrected chi connectivity index (χ0v) is 21.3. The molecule has 2 aromatic rings.